The summed E-state index contributed by atoms with van der Waals surface area (Å²) in [4.78, 5) is 0. The zero-order valence-corrected chi connectivity index (χ0v) is 14.8. The van der Waals surface area contributed by atoms with Gasteiger partial charge >= 0.3 is 0 Å². The van der Waals surface area contributed by atoms with Crippen LogP contribution in [0.25, 0.3) is 10.9 Å². The normalized spacial score (nSPS) is 19.3. The average Bonchev–Trinajstić information content (AvgIpc) is 2.92. The van der Waals surface area contributed by atoms with Gasteiger partial charge in [-0.1, -0.05) is 0 Å². The summed E-state index contributed by atoms with van der Waals surface area (Å²) in [5, 5.41) is 15.1. The first-order chi connectivity index (χ1) is 10.5. The first-order valence-electron chi connectivity index (χ1n) is 7.65. The summed E-state index contributed by atoms with van der Waals surface area (Å²) in [5.74, 6) is 0. The van der Waals surface area contributed by atoms with Crippen LogP contribution < -0.4 is 0 Å². The van der Waals surface area contributed by atoms with Crippen LogP contribution in [0.5, 0.6) is 0 Å². The van der Waals surface area contributed by atoms with E-state index in [-0.39, 0.29) is 6.23 Å². The highest BCUT2D eigenvalue weighted by Gasteiger charge is 2.28. The number of benzene rings is 1. The summed E-state index contributed by atoms with van der Waals surface area (Å²) in [7, 11) is 0. The van der Waals surface area contributed by atoms with Crippen LogP contribution in [-0.4, -0.2) is 16.4 Å². The first kappa shape index (κ1) is 15.5. The van der Waals surface area contributed by atoms with Crippen LogP contribution in [0.2, 0.25) is 0 Å². The van der Waals surface area contributed by atoms with Gasteiger partial charge in [0.15, 0.2) is 6.23 Å². The lowest BCUT2D eigenvalue weighted by atomic mass is 9.83. The van der Waals surface area contributed by atoms with Crippen LogP contribution in [0.1, 0.15) is 50.5 Å². The van der Waals surface area contributed by atoms with E-state index in [9.17, 15) is 5.26 Å². The van der Waals surface area contributed by atoms with Gasteiger partial charge in [0.2, 0.25) is 0 Å². The van der Waals surface area contributed by atoms with Gasteiger partial charge in [0.1, 0.15) is 0 Å². The topological polar surface area (TPSA) is 50.8 Å². The van der Waals surface area contributed by atoms with Gasteiger partial charge in [0, 0.05) is 16.5 Å². The maximum absolute atomic E-state index is 9.47. The fourth-order valence-electron chi connectivity index (χ4n) is 3.24. The van der Waals surface area contributed by atoms with Crippen molar-refractivity contribution in [3.63, 3.8) is 0 Å². The van der Waals surface area contributed by atoms with E-state index in [1.54, 1.807) is 0 Å². The molecule has 0 N–H and O–H groups in total. The van der Waals surface area contributed by atoms with E-state index in [0.29, 0.717) is 0 Å². The minimum absolute atomic E-state index is 0.0207. The molecule has 1 aromatic heterocycles. The molecule has 3 rings (SSSR count). The molecule has 116 valence electrons. The molecule has 0 saturated carbocycles. The Balaban J connectivity index is 2.17. The lowest BCUT2D eigenvalue weighted by molar-refractivity contribution is -0.0366. The van der Waals surface area contributed by atoms with Crippen molar-refractivity contribution in [2.45, 2.75) is 51.7 Å². The predicted molar refractivity (Wildman–Crippen MR) is 89.6 cm³/mol. The third-order valence-electron chi connectivity index (χ3n) is 4.37. The Bertz CT molecular complexity index is 751. The number of fused-ring (bicyclic) bond motifs is 1. The molecule has 1 aliphatic rings. The van der Waals surface area contributed by atoms with Gasteiger partial charge in [0.25, 0.3) is 0 Å². The number of nitriles is 1. The molecule has 1 aliphatic heterocycles. The molecule has 2 aromatic rings. The minimum Gasteiger partial charge on any atom is -0.356 e. The average molecular weight is 362 g/mol. The van der Waals surface area contributed by atoms with E-state index in [1.165, 1.54) is 6.42 Å². The Morgan fingerprint density at radius 2 is 2.23 bits per heavy atom. The molecule has 0 radical (unpaired) electrons. The van der Waals surface area contributed by atoms with Crippen molar-refractivity contribution >= 4 is 26.8 Å². The van der Waals surface area contributed by atoms with Crippen molar-refractivity contribution in [1.29, 1.82) is 5.26 Å². The van der Waals surface area contributed by atoms with Crippen LogP contribution in [0.4, 0.5) is 0 Å². The second-order valence-corrected chi connectivity index (χ2v) is 7.26. The highest BCUT2D eigenvalue weighted by molar-refractivity contribution is 9.10. The molecule has 1 unspecified atom stereocenters. The minimum atomic E-state index is -0.541. The fraction of sp³-hybridized carbons (Fsp3) is 0.529. The van der Waals surface area contributed by atoms with Gasteiger partial charge in [-0.05, 0) is 73.2 Å². The highest BCUT2D eigenvalue weighted by Crippen LogP contribution is 2.39. The molecule has 0 amide bonds. The van der Waals surface area contributed by atoms with E-state index in [1.807, 2.05) is 24.7 Å². The third-order valence-corrected chi connectivity index (χ3v) is 5.19. The second kappa shape index (κ2) is 5.68. The molecule has 1 aromatic carbocycles. The van der Waals surface area contributed by atoms with Crippen LogP contribution in [-0.2, 0) is 10.2 Å². The zero-order valence-electron chi connectivity index (χ0n) is 13.2. The Morgan fingerprint density at radius 1 is 1.45 bits per heavy atom. The number of hydrogen-bond donors (Lipinski definition) is 0. The van der Waals surface area contributed by atoms with E-state index in [2.05, 4.69) is 40.1 Å². The van der Waals surface area contributed by atoms with Crippen LogP contribution in [0, 0.1) is 18.3 Å². The van der Waals surface area contributed by atoms with Crippen LogP contribution >= 0.6 is 15.9 Å². The standard InChI is InChI=1S/C17H20BrN3O/c1-11-8-13-12(16(18)15(11)17(2,3)10-19)9-20-21(13)14-6-4-5-7-22-14/h8-9,14H,4-7H2,1-3H3. The summed E-state index contributed by atoms with van der Waals surface area (Å²) in [6.45, 7) is 6.74. The van der Waals surface area contributed by atoms with Crippen molar-refractivity contribution in [2.24, 2.45) is 0 Å². The maximum Gasteiger partial charge on any atom is 0.150 e. The lowest BCUT2D eigenvalue weighted by Crippen LogP contribution is -2.19. The third kappa shape index (κ3) is 2.45. The maximum atomic E-state index is 9.47. The van der Waals surface area contributed by atoms with Gasteiger partial charge in [-0.15, -0.1) is 0 Å². The number of halogens is 1. The SMILES string of the molecule is Cc1cc2c(cnn2C2CCCCO2)c(Br)c1C(C)(C)C#N. The predicted octanol–water partition coefficient (Wildman–Crippen LogP) is 4.61. The fourth-order valence-corrected chi connectivity index (χ4v) is 4.35. The van der Waals surface area contributed by atoms with Gasteiger partial charge in [-0.25, -0.2) is 4.68 Å². The summed E-state index contributed by atoms with van der Waals surface area (Å²) in [6, 6.07) is 4.52. The smallest absolute Gasteiger partial charge is 0.150 e. The largest absolute Gasteiger partial charge is 0.356 e. The zero-order chi connectivity index (χ0) is 15.9. The quantitative estimate of drug-likeness (QED) is 0.784. The summed E-state index contributed by atoms with van der Waals surface area (Å²) >= 11 is 3.70. The number of ether oxygens (including phenoxy) is 1. The Hall–Kier alpha value is -1.38. The summed E-state index contributed by atoms with van der Waals surface area (Å²) in [5.41, 5.74) is 2.66. The molecular formula is C17H20BrN3O. The van der Waals surface area contributed by atoms with Crippen LogP contribution in [0.15, 0.2) is 16.7 Å². The molecule has 0 aliphatic carbocycles. The van der Waals surface area contributed by atoms with Crippen molar-refractivity contribution in [2.75, 3.05) is 6.61 Å². The summed E-state index contributed by atoms with van der Waals surface area (Å²) in [6.07, 6.45) is 5.18. The second-order valence-electron chi connectivity index (χ2n) is 6.46. The molecule has 1 saturated heterocycles. The molecule has 2 heterocycles. The molecule has 0 bridgehead atoms. The van der Waals surface area contributed by atoms with Crippen molar-refractivity contribution < 1.29 is 4.74 Å². The number of rotatable bonds is 2. The van der Waals surface area contributed by atoms with E-state index >= 15 is 0 Å². The molecule has 1 fully saturated rings. The monoisotopic (exact) mass is 361 g/mol. The van der Waals surface area contributed by atoms with E-state index < -0.39 is 5.41 Å². The number of nitrogens with zero attached hydrogens (tertiary/aromatic N) is 3. The van der Waals surface area contributed by atoms with Crippen molar-refractivity contribution in [3.8, 4) is 6.07 Å². The van der Waals surface area contributed by atoms with Crippen molar-refractivity contribution in [1.82, 2.24) is 9.78 Å². The lowest BCUT2D eigenvalue weighted by Gasteiger charge is -2.25. The Labute approximate surface area is 139 Å². The van der Waals surface area contributed by atoms with Gasteiger partial charge in [-0.2, -0.15) is 10.4 Å². The van der Waals surface area contributed by atoms with Gasteiger partial charge in [0.05, 0.1) is 23.2 Å². The number of aromatic nitrogens is 2. The molecule has 4 nitrogen and oxygen atoms in total. The molecular weight excluding hydrogens is 342 g/mol. The van der Waals surface area contributed by atoms with Gasteiger partial charge in [-0.3, -0.25) is 0 Å². The highest BCUT2D eigenvalue weighted by atomic mass is 79.9. The van der Waals surface area contributed by atoms with E-state index in [4.69, 9.17) is 4.74 Å². The van der Waals surface area contributed by atoms with Crippen molar-refractivity contribution in [3.05, 3.63) is 27.9 Å². The first-order valence-corrected chi connectivity index (χ1v) is 8.44. The summed E-state index contributed by atoms with van der Waals surface area (Å²) < 4.78 is 8.81. The molecule has 1 atom stereocenters. The van der Waals surface area contributed by atoms with E-state index in [0.717, 1.165) is 46.0 Å². The molecule has 5 heteroatoms. The Morgan fingerprint density at radius 3 is 2.86 bits per heavy atom. The Kier molecular flexibility index (Phi) is 4.00. The van der Waals surface area contributed by atoms with Crippen LogP contribution in [0.3, 0.4) is 0 Å². The van der Waals surface area contributed by atoms with Gasteiger partial charge < -0.3 is 4.74 Å². The number of hydrogen-bond acceptors (Lipinski definition) is 3. The molecule has 22 heavy (non-hydrogen) atoms. The number of aryl methyl sites for hydroxylation is 1. The molecule has 0 spiro atoms.